The number of para-hydroxylation sites is 1. The van der Waals surface area contributed by atoms with E-state index in [0.717, 1.165) is 15.7 Å². The highest BCUT2D eigenvalue weighted by molar-refractivity contribution is 9.11. The normalized spacial score (nSPS) is 11.0. The Hall–Kier alpha value is -2.90. The second kappa shape index (κ2) is 10.4. The van der Waals surface area contributed by atoms with E-state index in [1.807, 2.05) is 67.5 Å². The molecule has 0 unspecified atom stereocenters. The number of rotatable bonds is 6. The summed E-state index contributed by atoms with van der Waals surface area (Å²) in [7, 11) is 3.92. The highest BCUT2D eigenvalue weighted by Crippen LogP contribution is 2.22. The van der Waals surface area contributed by atoms with Gasteiger partial charge < -0.3 is 15.5 Å². The Kier molecular flexibility index (Phi) is 7.65. The zero-order chi connectivity index (χ0) is 22.4. The van der Waals surface area contributed by atoms with Gasteiger partial charge in [-0.25, -0.2) is 0 Å². The van der Waals surface area contributed by atoms with Crippen LogP contribution in [0, 0.1) is 0 Å². The molecule has 0 fully saturated rings. The van der Waals surface area contributed by atoms with Crippen LogP contribution < -0.4 is 15.5 Å². The lowest BCUT2D eigenvalue weighted by Crippen LogP contribution is -2.31. The Labute approximate surface area is 198 Å². The number of benzene rings is 3. The van der Waals surface area contributed by atoms with Crippen molar-refractivity contribution in [2.45, 2.75) is 0 Å². The number of carbonyl (C=O) groups is 2. The van der Waals surface area contributed by atoms with E-state index in [-0.39, 0.29) is 11.6 Å². The zero-order valence-corrected chi connectivity index (χ0v) is 20.2. The monoisotopic (exact) mass is 541 g/mol. The molecule has 0 aromatic heterocycles. The van der Waals surface area contributed by atoms with Gasteiger partial charge in [0.15, 0.2) is 0 Å². The number of amides is 2. The number of hydrogen-bond acceptors (Lipinski definition) is 3. The van der Waals surface area contributed by atoms with Crippen molar-refractivity contribution in [1.82, 2.24) is 5.32 Å². The maximum absolute atomic E-state index is 13.1. The highest BCUT2D eigenvalue weighted by Gasteiger charge is 2.17. The molecule has 0 aliphatic rings. The maximum atomic E-state index is 13.1. The molecule has 2 N–H and O–H groups in total. The van der Waals surface area contributed by atoms with Crippen LogP contribution >= 0.6 is 31.9 Å². The summed E-state index contributed by atoms with van der Waals surface area (Å²) in [6.07, 6.45) is 1.65. The van der Waals surface area contributed by atoms with E-state index in [9.17, 15) is 9.59 Å². The van der Waals surface area contributed by atoms with Gasteiger partial charge in [-0.15, -0.1) is 0 Å². The van der Waals surface area contributed by atoms with E-state index in [2.05, 4.69) is 42.5 Å². The quantitative estimate of drug-likeness (QED) is 0.393. The van der Waals surface area contributed by atoms with Gasteiger partial charge in [-0.05, 0) is 79.9 Å². The third kappa shape index (κ3) is 6.06. The van der Waals surface area contributed by atoms with Crippen molar-refractivity contribution in [3.63, 3.8) is 0 Å². The number of carbonyl (C=O) groups excluding carboxylic acids is 2. The summed E-state index contributed by atoms with van der Waals surface area (Å²) in [5, 5.41) is 5.60. The summed E-state index contributed by atoms with van der Waals surface area (Å²) < 4.78 is 1.39. The summed E-state index contributed by atoms with van der Waals surface area (Å²) in [6.45, 7) is 0. The Morgan fingerprint density at radius 2 is 1.45 bits per heavy atom. The van der Waals surface area contributed by atoms with Gasteiger partial charge in [0.25, 0.3) is 11.8 Å². The predicted molar refractivity (Wildman–Crippen MR) is 133 cm³/mol. The molecule has 31 heavy (non-hydrogen) atoms. The lowest BCUT2D eigenvalue weighted by atomic mass is 10.1. The maximum Gasteiger partial charge on any atom is 0.272 e. The van der Waals surface area contributed by atoms with Crippen LogP contribution in [-0.2, 0) is 4.79 Å². The molecule has 3 aromatic rings. The number of nitrogens with one attached hydrogen (secondary N) is 2. The van der Waals surface area contributed by atoms with E-state index in [1.54, 1.807) is 30.3 Å². The van der Waals surface area contributed by atoms with Crippen LogP contribution in [0.2, 0.25) is 0 Å². The van der Waals surface area contributed by atoms with Crippen molar-refractivity contribution in [3.8, 4) is 0 Å². The molecule has 0 saturated carbocycles. The second-order valence-corrected chi connectivity index (χ2v) is 8.62. The first kappa shape index (κ1) is 22.8. The molecule has 3 aromatic carbocycles. The Morgan fingerprint density at radius 1 is 0.839 bits per heavy atom. The van der Waals surface area contributed by atoms with Crippen LogP contribution in [0.4, 0.5) is 11.4 Å². The number of nitrogens with zero attached hydrogens (tertiary/aromatic N) is 1. The van der Waals surface area contributed by atoms with Crippen molar-refractivity contribution in [2.75, 3.05) is 24.3 Å². The zero-order valence-electron chi connectivity index (χ0n) is 17.0. The van der Waals surface area contributed by atoms with Crippen LogP contribution in [-0.4, -0.2) is 25.9 Å². The SMILES string of the molecule is CN(C)c1ccc(/C=C(/NC(=O)c2ccccc2Br)C(=O)Nc2ccccc2Br)cc1. The largest absolute Gasteiger partial charge is 0.378 e. The molecule has 5 nitrogen and oxygen atoms in total. The van der Waals surface area contributed by atoms with E-state index in [4.69, 9.17) is 0 Å². The van der Waals surface area contributed by atoms with Gasteiger partial charge in [0, 0.05) is 28.7 Å². The van der Waals surface area contributed by atoms with E-state index < -0.39 is 5.91 Å². The minimum atomic E-state index is -0.427. The van der Waals surface area contributed by atoms with Crippen LogP contribution in [0.15, 0.2) is 87.4 Å². The number of halogens is 2. The summed E-state index contributed by atoms with van der Waals surface area (Å²) in [5.74, 6) is -0.810. The fraction of sp³-hybridized carbons (Fsp3) is 0.0833. The smallest absolute Gasteiger partial charge is 0.272 e. The average Bonchev–Trinajstić information content (AvgIpc) is 2.75. The molecular formula is C24H21Br2N3O2. The second-order valence-electron chi connectivity index (χ2n) is 6.91. The Morgan fingerprint density at radius 3 is 2.06 bits per heavy atom. The molecule has 0 radical (unpaired) electrons. The lowest BCUT2D eigenvalue weighted by molar-refractivity contribution is -0.113. The number of anilines is 2. The minimum absolute atomic E-state index is 0.133. The van der Waals surface area contributed by atoms with Crippen LogP contribution in [0.1, 0.15) is 15.9 Å². The molecule has 3 rings (SSSR count). The van der Waals surface area contributed by atoms with Crippen molar-refractivity contribution < 1.29 is 9.59 Å². The van der Waals surface area contributed by atoms with Gasteiger partial charge in [-0.2, -0.15) is 0 Å². The molecule has 0 bridgehead atoms. The fourth-order valence-corrected chi connectivity index (χ4v) is 3.63. The molecule has 0 saturated heterocycles. The van der Waals surface area contributed by atoms with Crippen molar-refractivity contribution in [2.24, 2.45) is 0 Å². The van der Waals surface area contributed by atoms with Crippen LogP contribution in [0.5, 0.6) is 0 Å². The molecule has 0 atom stereocenters. The number of hydrogen-bond donors (Lipinski definition) is 2. The predicted octanol–water partition coefficient (Wildman–Crippen LogP) is 5.69. The van der Waals surface area contributed by atoms with E-state index in [1.165, 1.54) is 0 Å². The van der Waals surface area contributed by atoms with Gasteiger partial charge in [0.05, 0.1) is 11.3 Å². The third-order valence-electron chi connectivity index (χ3n) is 4.45. The van der Waals surface area contributed by atoms with E-state index >= 15 is 0 Å². The first-order valence-corrected chi connectivity index (χ1v) is 11.0. The van der Waals surface area contributed by atoms with Crippen molar-refractivity contribution in [3.05, 3.63) is 98.6 Å². The molecule has 0 aliphatic carbocycles. The molecule has 2 amide bonds. The van der Waals surface area contributed by atoms with Gasteiger partial charge in [0.2, 0.25) is 0 Å². The van der Waals surface area contributed by atoms with Crippen molar-refractivity contribution in [1.29, 1.82) is 0 Å². The summed E-state index contributed by atoms with van der Waals surface area (Å²) in [6, 6.07) is 22.0. The fourth-order valence-electron chi connectivity index (χ4n) is 2.78. The minimum Gasteiger partial charge on any atom is -0.378 e. The standard InChI is InChI=1S/C24H21Br2N3O2/c1-29(2)17-13-11-16(12-14-17)15-22(24(31)27-21-10-6-5-9-20(21)26)28-23(30)18-7-3-4-8-19(18)25/h3-15H,1-2H3,(H,27,31)(H,28,30)/b22-15+. The lowest BCUT2D eigenvalue weighted by Gasteiger charge is -2.14. The molecule has 0 aliphatic heterocycles. The highest BCUT2D eigenvalue weighted by atomic mass is 79.9. The Bertz CT molecular complexity index is 1130. The summed E-state index contributed by atoms with van der Waals surface area (Å²) in [4.78, 5) is 27.9. The molecule has 7 heteroatoms. The van der Waals surface area contributed by atoms with Crippen LogP contribution in [0.3, 0.4) is 0 Å². The summed E-state index contributed by atoms with van der Waals surface area (Å²) in [5.41, 5.74) is 3.00. The Balaban J connectivity index is 1.92. The van der Waals surface area contributed by atoms with Gasteiger partial charge >= 0.3 is 0 Å². The first-order valence-electron chi connectivity index (χ1n) is 9.46. The topological polar surface area (TPSA) is 61.4 Å². The molecular weight excluding hydrogens is 522 g/mol. The molecule has 0 heterocycles. The third-order valence-corrected chi connectivity index (χ3v) is 5.84. The van der Waals surface area contributed by atoms with Gasteiger partial charge in [-0.1, -0.05) is 36.4 Å². The van der Waals surface area contributed by atoms with E-state index in [0.29, 0.717) is 15.7 Å². The van der Waals surface area contributed by atoms with Crippen molar-refractivity contribution >= 4 is 61.1 Å². The summed E-state index contributed by atoms with van der Waals surface area (Å²) >= 11 is 6.81. The first-order chi connectivity index (χ1) is 14.8. The molecule has 0 spiro atoms. The molecule has 158 valence electrons. The van der Waals surface area contributed by atoms with Gasteiger partial charge in [0.1, 0.15) is 5.70 Å². The van der Waals surface area contributed by atoms with Crippen LogP contribution in [0.25, 0.3) is 6.08 Å². The average molecular weight is 543 g/mol. The van der Waals surface area contributed by atoms with Gasteiger partial charge in [-0.3, -0.25) is 9.59 Å².